The van der Waals surface area contributed by atoms with Crippen molar-refractivity contribution in [3.63, 3.8) is 0 Å². The number of aryl methyl sites for hydroxylation is 2. The molecule has 6 heteroatoms. The zero-order valence-corrected chi connectivity index (χ0v) is 20.9. The smallest absolute Gasteiger partial charge is 0.303 e. The number of piperazine rings is 1. The Morgan fingerprint density at radius 2 is 1.56 bits per heavy atom. The number of nitrogens with zero attached hydrogens (tertiary/aromatic N) is 4. The maximum absolute atomic E-state index is 11.0. The molecule has 0 saturated carbocycles. The Kier molecular flexibility index (Phi) is 7.44. The summed E-state index contributed by atoms with van der Waals surface area (Å²) >= 11 is 0. The van der Waals surface area contributed by atoms with Gasteiger partial charge in [-0.2, -0.15) is 0 Å². The van der Waals surface area contributed by atoms with Crippen molar-refractivity contribution in [2.75, 3.05) is 26.2 Å². The van der Waals surface area contributed by atoms with Crippen LogP contribution < -0.4 is 0 Å². The fraction of sp³-hybridized carbons (Fsp3) is 0.333. The SMILES string of the molecule is CCn1c(CCC(=O)O)nc2cc(CN3CCN(C(c4ccccc4)c4ccccc4)CC3)ccc21. The van der Waals surface area contributed by atoms with E-state index in [1.165, 1.54) is 16.7 Å². The lowest BCUT2D eigenvalue weighted by atomic mass is 9.96. The third kappa shape index (κ3) is 5.35. The molecule has 0 unspecified atom stereocenters. The molecule has 1 aliphatic heterocycles. The number of rotatable bonds is 9. The first-order valence-electron chi connectivity index (χ1n) is 12.9. The van der Waals surface area contributed by atoms with Gasteiger partial charge in [-0.25, -0.2) is 4.98 Å². The molecule has 1 aliphatic rings. The molecule has 36 heavy (non-hydrogen) atoms. The van der Waals surface area contributed by atoms with Crippen molar-refractivity contribution in [3.8, 4) is 0 Å². The highest BCUT2D eigenvalue weighted by molar-refractivity contribution is 5.77. The molecule has 1 fully saturated rings. The first kappa shape index (κ1) is 24.2. The quantitative estimate of drug-likeness (QED) is 0.365. The Bertz CT molecular complexity index is 1260. The van der Waals surface area contributed by atoms with E-state index in [1.54, 1.807) is 0 Å². The fourth-order valence-electron chi connectivity index (χ4n) is 5.41. The number of hydrogen-bond acceptors (Lipinski definition) is 4. The van der Waals surface area contributed by atoms with E-state index in [2.05, 4.69) is 100 Å². The predicted molar refractivity (Wildman–Crippen MR) is 143 cm³/mol. The predicted octanol–water partition coefficient (Wildman–Crippen LogP) is 4.98. The Morgan fingerprint density at radius 3 is 2.14 bits per heavy atom. The van der Waals surface area contributed by atoms with E-state index in [4.69, 9.17) is 10.1 Å². The maximum Gasteiger partial charge on any atom is 0.303 e. The number of carbonyl (C=O) groups is 1. The zero-order chi connectivity index (χ0) is 24.9. The van der Waals surface area contributed by atoms with Gasteiger partial charge in [-0.15, -0.1) is 0 Å². The maximum atomic E-state index is 11.0. The average Bonchev–Trinajstić information content (AvgIpc) is 3.26. The lowest BCUT2D eigenvalue weighted by Gasteiger charge is -2.39. The highest BCUT2D eigenvalue weighted by atomic mass is 16.4. The van der Waals surface area contributed by atoms with Crippen molar-refractivity contribution in [1.82, 2.24) is 19.4 Å². The summed E-state index contributed by atoms with van der Waals surface area (Å²) in [5.41, 5.74) is 5.98. The van der Waals surface area contributed by atoms with Crippen molar-refractivity contribution in [2.24, 2.45) is 0 Å². The van der Waals surface area contributed by atoms with E-state index in [1.807, 2.05) is 0 Å². The van der Waals surface area contributed by atoms with Crippen LogP contribution in [0.4, 0.5) is 0 Å². The molecule has 0 spiro atoms. The van der Waals surface area contributed by atoms with Gasteiger partial charge in [0, 0.05) is 45.7 Å². The van der Waals surface area contributed by atoms with E-state index < -0.39 is 5.97 Å². The minimum absolute atomic E-state index is 0.105. The van der Waals surface area contributed by atoms with Gasteiger partial charge in [-0.05, 0) is 35.7 Å². The summed E-state index contributed by atoms with van der Waals surface area (Å²) in [6.07, 6.45) is 0.562. The third-order valence-corrected chi connectivity index (χ3v) is 7.18. The monoisotopic (exact) mass is 482 g/mol. The number of carboxylic acids is 1. The van der Waals surface area contributed by atoms with Crippen LogP contribution in [0.1, 0.15) is 41.9 Å². The van der Waals surface area contributed by atoms with Crippen LogP contribution in [0.15, 0.2) is 78.9 Å². The molecule has 5 rings (SSSR count). The molecular weight excluding hydrogens is 448 g/mol. The second-order valence-electron chi connectivity index (χ2n) is 9.53. The largest absolute Gasteiger partial charge is 0.481 e. The van der Waals surface area contributed by atoms with Crippen LogP contribution in [0.5, 0.6) is 0 Å². The number of aliphatic carboxylic acids is 1. The van der Waals surface area contributed by atoms with Crippen LogP contribution >= 0.6 is 0 Å². The lowest BCUT2D eigenvalue weighted by molar-refractivity contribution is -0.137. The van der Waals surface area contributed by atoms with Gasteiger partial charge < -0.3 is 9.67 Å². The number of aromatic nitrogens is 2. The van der Waals surface area contributed by atoms with Crippen LogP contribution in [-0.2, 0) is 24.3 Å². The highest BCUT2D eigenvalue weighted by Gasteiger charge is 2.26. The molecule has 4 aromatic rings. The molecule has 1 N–H and O–H groups in total. The van der Waals surface area contributed by atoms with Crippen LogP contribution in [0.3, 0.4) is 0 Å². The number of imidazole rings is 1. The van der Waals surface area contributed by atoms with Crippen molar-refractivity contribution in [3.05, 3.63) is 101 Å². The molecule has 6 nitrogen and oxygen atoms in total. The van der Waals surface area contributed by atoms with E-state index >= 15 is 0 Å². The Balaban J connectivity index is 1.27. The van der Waals surface area contributed by atoms with Gasteiger partial charge in [0.1, 0.15) is 5.82 Å². The minimum atomic E-state index is -0.786. The van der Waals surface area contributed by atoms with E-state index in [0.29, 0.717) is 6.42 Å². The van der Waals surface area contributed by atoms with Gasteiger partial charge in [-0.3, -0.25) is 14.6 Å². The van der Waals surface area contributed by atoms with Gasteiger partial charge in [0.05, 0.1) is 23.5 Å². The molecule has 0 radical (unpaired) electrons. The summed E-state index contributed by atoms with van der Waals surface area (Å²) in [7, 11) is 0. The van der Waals surface area contributed by atoms with Crippen LogP contribution in [0.25, 0.3) is 11.0 Å². The number of carboxylic acid groups (broad SMARTS) is 1. The van der Waals surface area contributed by atoms with Gasteiger partial charge >= 0.3 is 5.97 Å². The van der Waals surface area contributed by atoms with Crippen molar-refractivity contribution in [1.29, 1.82) is 0 Å². The molecule has 0 aliphatic carbocycles. The third-order valence-electron chi connectivity index (χ3n) is 7.18. The Labute approximate surface area is 212 Å². The van der Waals surface area contributed by atoms with E-state index in [0.717, 1.165) is 56.1 Å². The van der Waals surface area contributed by atoms with Crippen LogP contribution in [0.2, 0.25) is 0 Å². The summed E-state index contributed by atoms with van der Waals surface area (Å²) in [5, 5.41) is 9.08. The number of hydrogen-bond donors (Lipinski definition) is 1. The summed E-state index contributed by atoms with van der Waals surface area (Å²) in [4.78, 5) is 20.9. The molecule has 1 saturated heterocycles. The fourth-order valence-corrected chi connectivity index (χ4v) is 5.41. The van der Waals surface area contributed by atoms with Crippen molar-refractivity contribution >= 4 is 17.0 Å². The molecule has 2 heterocycles. The first-order chi connectivity index (χ1) is 17.6. The highest BCUT2D eigenvalue weighted by Crippen LogP contribution is 2.30. The Morgan fingerprint density at radius 1 is 0.917 bits per heavy atom. The Hall–Kier alpha value is -3.48. The topological polar surface area (TPSA) is 61.6 Å². The van der Waals surface area contributed by atoms with E-state index in [9.17, 15) is 4.79 Å². The van der Waals surface area contributed by atoms with Crippen LogP contribution in [-0.4, -0.2) is 56.6 Å². The molecule has 1 aromatic heterocycles. The first-order valence-corrected chi connectivity index (χ1v) is 12.9. The van der Waals surface area contributed by atoms with Crippen molar-refractivity contribution < 1.29 is 9.90 Å². The summed E-state index contributed by atoms with van der Waals surface area (Å²) in [5.74, 6) is 0.0693. The van der Waals surface area contributed by atoms with Gasteiger partial charge in [0.25, 0.3) is 0 Å². The molecular formula is C30H34N4O2. The van der Waals surface area contributed by atoms with Gasteiger partial charge in [0.2, 0.25) is 0 Å². The van der Waals surface area contributed by atoms with Crippen molar-refractivity contribution in [2.45, 2.75) is 38.9 Å². The molecule has 0 amide bonds. The summed E-state index contributed by atoms with van der Waals surface area (Å²) in [6, 6.07) is 28.4. The minimum Gasteiger partial charge on any atom is -0.481 e. The lowest BCUT2D eigenvalue weighted by Crippen LogP contribution is -2.47. The average molecular weight is 483 g/mol. The number of benzene rings is 3. The summed E-state index contributed by atoms with van der Waals surface area (Å²) < 4.78 is 2.13. The van der Waals surface area contributed by atoms with Gasteiger partial charge in [0.15, 0.2) is 0 Å². The normalized spacial score (nSPS) is 15.1. The van der Waals surface area contributed by atoms with Gasteiger partial charge in [-0.1, -0.05) is 66.7 Å². The molecule has 0 atom stereocenters. The van der Waals surface area contributed by atoms with E-state index in [-0.39, 0.29) is 12.5 Å². The standard InChI is InChI=1S/C30H34N4O2/c1-2-34-27-14-13-23(21-26(27)31-28(34)15-16-29(35)36)22-32-17-19-33(20-18-32)30(24-9-5-3-6-10-24)25-11-7-4-8-12-25/h3-14,21,30H,2,15-20,22H2,1H3,(H,35,36). The second-order valence-corrected chi connectivity index (χ2v) is 9.53. The molecule has 0 bridgehead atoms. The zero-order valence-electron chi connectivity index (χ0n) is 20.9. The molecule has 186 valence electrons. The summed E-state index contributed by atoms with van der Waals surface area (Å²) in [6.45, 7) is 7.83. The van der Waals surface area contributed by atoms with Crippen LogP contribution in [0, 0.1) is 0 Å². The molecule has 3 aromatic carbocycles. The second kappa shape index (κ2) is 11.1. The number of fused-ring (bicyclic) bond motifs is 1.